The molecular weight excluding hydrogens is 226 g/mol. The van der Waals surface area contributed by atoms with Crippen LogP contribution in [0, 0.1) is 6.92 Å². The predicted octanol–water partition coefficient (Wildman–Crippen LogP) is 2.05. The Morgan fingerprint density at radius 2 is 2.12 bits per heavy atom. The number of aromatic nitrogens is 2. The number of carbonyl (C=O) groups is 1. The molecule has 1 fully saturated rings. The maximum Gasteiger partial charge on any atom is 0.273 e. The van der Waals surface area contributed by atoms with Gasteiger partial charge < -0.3 is 5.32 Å². The molecule has 1 heterocycles. The van der Waals surface area contributed by atoms with E-state index in [-0.39, 0.29) is 5.91 Å². The first-order chi connectivity index (χ1) is 7.59. The van der Waals surface area contributed by atoms with Gasteiger partial charge in [0.25, 0.3) is 5.91 Å². The van der Waals surface area contributed by atoms with Crippen LogP contribution in [0.1, 0.15) is 41.9 Å². The van der Waals surface area contributed by atoms with E-state index >= 15 is 0 Å². The monoisotopic (exact) mass is 241 g/mol. The van der Waals surface area contributed by atoms with E-state index in [4.69, 9.17) is 11.6 Å². The number of aryl methyl sites for hydroxylation is 1. The van der Waals surface area contributed by atoms with Crippen molar-refractivity contribution in [3.63, 3.8) is 0 Å². The van der Waals surface area contributed by atoms with Gasteiger partial charge in [-0.25, -0.2) is 0 Å². The zero-order chi connectivity index (χ0) is 11.7. The van der Waals surface area contributed by atoms with E-state index in [2.05, 4.69) is 10.4 Å². The Morgan fingerprint density at radius 1 is 1.50 bits per heavy atom. The lowest BCUT2D eigenvalue weighted by atomic mass is 10.2. The summed E-state index contributed by atoms with van der Waals surface area (Å²) >= 11 is 6.05. The maximum absolute atomic E-state index is 11.9. The zero-order valence-electron chi connectivity index (χ0n) is 9.59. The fourth-order valence-electron chi connectivity index (χ4n) is 2.05. The van der Waals surface area contributed by atoms with Crippen molar-refractivity contribution < 1.29 is 4.79 Å². The molecule has 1 aliphatic carbocycles. The smallest absolute Gasteiger partial charge is 0.273 e. The van der Waals surface area contributed by atoms with Crippen LogP contribution in [0.4, 0.5) is 0 Å². The average molecular weight is 242 g/mol. The number of nitrogens with zero attached hydrogens (tertiary/aromatic N) is 2. The van der Waals surface area contributed by atoms with Crippen molar-refractivity contribution in [3.8, 4) is 0 Å². The van der Waals surface area contributed by atoms with Gasteiger partial charge in [0.1, 0.15) is 0 Å². The highest BCUT2D eigenvalue weighted by atomic mass is 35.5. The van der Waals surface area contributed by atoms with Crippen molar-refractivity contribution in [3.05, 3.63) is 16.4 Å². The molecule has 1 amide bonds. The second kappa shape index (κ2) is 4.45. The van der Waals surface area contributed by atoms with Crippen molar-refractivity contribution >= 4 is 17.5 Å². The van der Waals surface area contributed by atoms with E-state index in [1.54, 1.807) is 11.7 Å². The fraction of sp³-hybridized carbons (Fsp3) is 0.636. The first-order valence-electron chi connectivity index (χ1n) is 5.59. The summed E-state index contributed by atoms with van der Waals surface area (Å²) in [6, 6.07) is 0.297. The molecule has 1 aromatic heterocycles. The minimum absolute atomic E-state index is 0.152. The summed E-state index contributed by atoms with van der Waals surface area (Å²) in [6.45, 7) is 1.85. The summed E-state index contributed by atoms with van der Waals surface area (Å²) in [4.78, 5) is 11.9. The molecule has 1 aliphatic rings. The molecule has 1 N–H and O–H groups in total. The number of amides is 1. The second-order valence-corrected chi connectivity index (χ2v) is 4.70. The van der Waals surface area contributed by atoms with Gasteiger partial charge in [-0.3, -0.25) is 9.48 Å². The summed E-state index contributed by atoms with van der Waals surface area (Å²) in [5.74, 6) is -0.152. The number of rotatable bonds is 2. The van der Waals surface area contributed by atoms with Crippen LogP contribution in [0.2, 0.25) is 5.02 Å². The fourth-order valence-corrected chi connectivity index (χ4v) is 2.30. The Balaban J connectivity index is 2.11. The van der Waals surface area contributed by atoms with Crippen LogP contribution in [-0.2, 0) is 7.05 Å². The van der Waals surface area contributed by atoms with Gasteiger partial charge in [-0.15, -0.1) is 0 Å². The van der Waals surface area contributed by atoms with Gasteiger partial charge in [-0.2, -0.15) is 5.10 Å². The summed E-state index contributed by atoms with van der Waals surface area (Å²) in [7, 11) is 1.79. The lowest BCUT2D eigenvalue weighted by Crippen LogP contribution is -2.33. The highest BCUT2D eigenvalue weighted by Crippen LogP contribution is 2.21. The predicted molar refractivity (Wildman–Crippen MR) is 62.7 cm³/mol. The minimum Gasteiger partial charge on any atom is -0.348 e. The molecular formula is C11H16ClN3O. The van der Waals surface area contributed by atoms with Crippen molar-refractivity contribution in [1.29, 1.82) is 0 Å². The van der Waals surface area contributed by atoms with Gasteiger partial charge in [-0.1, -0.05) is 24.4 Å². The molecule has 0 aliphatic heterocycles. The highest BCUT2D eigenvalue weighted by molar-refractivity contribution is 6.34. The first-order valence-corrected chi connectivity index (χ1v) is 5.97. The van der Waals surface area contributed by atoms with Gasteiger partial charge in [0, 0.05) is 13.1 Å². The van der Waals surface area contributed by atoms with E-state index in [0.717, 1.165) is 18.5 Å². The third kappa shape index (κ3) is 2.07. The van der Waals surface area contributed by atoms with Gasteiger partial charge in [0.2, 0.25) is 0 Å². The number of hydrogen-bond acceptors (Lipinski definition) is 2. The Hall–Kier alpha value is -1.03. The Bertz CT molecular complexity index is 408. The normalized spacial score (nSPS) is 16.7. The van der Waals surface area contributed by atoms with Crippen molar-refractivity contribution in [1.82, 2.24) is 15.1 Å². The third-order valence-electron chi connectivity index (χ3n) is 3.17. The molecule has 0 radical (unpaired) electrons. The molecule has 1 saturated carbocycles. The van der Waals surface area contributed by atoms with Crippen LogP contribution in [0.25, 0.3) is 0 Å². The molecule has 16 heavy (non-hydrogen) atoms. The largest absolute Gasteiger partial charge is 0.348 e. The molecule has 0 bridgehead atoms. The van der Waals surface area contributed by atoms with Crippen LogP contribution in [-0.4, -0.2) is 21.7 Å². The van der Waals surface area contributed by atoms with Gasteiger partial charge in [0.05, 0.1) is 10.7 Å². The zero-order valence-corrected chi connectivity index (χ0v) is 10.3. The summed E-state index contributed by atoms with van der Waals surface area (Å²) in [5.41, 5.74) is 1.16. The third-order valence-corrected chi connectivity index (χ3v) is 3.62. The van der Waals surface area contributed by atoms with Crippen LogP contribution < -0.4 is 5.32 Å². The summed E-state index contributed by atoms with van der Waals surface area (Å²) in [5, 5.41) is 7.56. The number of hydrogen-bond donors (Lipinski definition) is 1. The molecule has 0 atom stereocenters. The average Bonchev–Trinajstić information content (AvgIpc) is 2.83. The quantitative estimate of drug-likeness (QED) is 0.862. The maximum atomic E-state index is 11.9. The first kappa shape index (κ1) is 11.5. The van der Waals surface area contributed by atoms with Crippen LogP contribution >= 0.6 is 11.6 Å². The van der Waals surface area contributed by atoms with Crippen LogP contribution in [0.3, 0.4) is 0 Å². The topological polar surface area (TPSA) is 46.9 Å². The molecule has 1 aromatic rings. The summed E-state index contributed by atoms with van der Waals surface area (Å²) < 4.78 is 1.63. The van der Waals surface area contributed by atoms with Gasteiger partial charge in [-0.05, 0) is 19.8 Å². The lowest BCUT2D eigenvalue weighted by Gasteiger charge is -2.10. The Morgan fingerprint density at radius 3 is 2.62 bits per heavy atom. The Labute approximate surface area is 100.0 Å². The van der Waals surface area contributed by atoms with Gasteiger partial charge >= 0.3 is 0 Å². The van der Waals surface area contributed by atoms with E-state index in [1.165, 1.54) is 12.8 Å². The number of halogens is 1. The number of nitrogens with one attached hydrogen (secondary N) is 1. The van der Waals surface area contributed by atoms with Crippen LogP contribution in [0.5, 0.6) is 0 Å². The van der Waals surface area contributed by atoms with E-state index in [9.17, 15) is 4.79 Å². The SMILES string of the molecule is Cc1c(Cl)c(C(=O)NC2CCCC2)nn1C. The Kier molecular flexibility index (Phi) is 3.19. The number of carbonyl (C=O) groups excluding carboxylic acids is 1. The second-order valence-electron chi connectivity index (χ2n) is 4.33. The van der Waals surface area contributed by atoms with Crippen molar-refractivity contribution in [2.75, 3.05) is 0 Å². The molecule has 2 rings (SSSR count). The van der Waals surface area contributed by atoms with Crippen LogP contribution in [0.15, 0.2) is 0 Å². The molecule has 0 aromatic carbocycles. The van der Waals surface area contributed by atoms with E-state index < -0.39 is 0 Å². The minimum atomic E-state index is -0.152. The van der Waals surface area contributed by atoms with E-state index in [0.29, 0.717) is 16.8 Å². The molecule has 0 spiro atoms. The highest BCUT2D eigenvalue weighted by Gasteiger charge is 2.22. The molecule has 88 valence electrons. The molecule has 0 unspecified atom stereocenters. The van der Waals surface area contributed by atoms with E-state index in [1.807, 2.05) is 6.92 Å². The standard InChI is InChI=1S/C11H16ClN3O/c1-7-9(12)10(14-15(7)2)11(16)13-8-5-3-4-6-8/h8H,3-6H2,1-2H3,(H,13,16). The van der Waals surface area contributed by atoms with Crippen molar-refractivity contribution in [2.24, 2.45) is 7.05 Å². The molecule has 4 nitrogen and oxygen atoms in total. The summed E-state index contributed by atoms with van der Waals surface area (Å²) in [6.07, 6.45) is 4.52. The van der Waals surface area contributed by atoms with Crippen molar-refractivity contribution in [2.45, 2.75) is 38.6 Å². The molecule has 5 heteroatoms. The lowest BCUT2D eigenvalue weighted by molar-refractivity contribution is 0.0932. The molecule has 0 saturated heterocycles. The van der Waals surface area contributed by atoms with Gasteiger partial charge in [0.15, 0.2) is 5.69 Å².